The molecular formula is C23H17F6N3O3S. The monoisotopic (exact) mass is 529 g/mol. The van der Waals surface area contributed by atoms with Crippen LogP contribution in [0.15, 0.2) is 70.6 Å². The number of allylic oxidation sites excluding steroid dienone is 1. The SMILES string of the molecule is O=C(NCc1cccc(S(=O)(=O)c2cccc(C(F)(F)F)c2)c1)c1cn2c(n1)C=CC(C(F)(F)F)C2. The zero-order valence-electron chi connectivity index (χ0n) is 18.1. The van der Waals surface area contributed by atoms with E-state index in [9.17, 15) is 39.6 Å². The maximum atomic E-state index is 13.0. The normalized spacial score (nSPS) is 16.0. The molecule has 1 unspecified atom stereocenters. The molecule has 2 aromatic carbocycles. The van der Waals surface area contributed by atoms with Crippen molar-refractivity contribution in [1.29, 1.82) is 0 Å². The molecule has 0 saturated carbocycles. The average molecular weight is 529 g/mol. The van der Waals surface area contributed by atoms with Gasteiger partial charge in [-0.05, 0) is 42.0 Å². The summed E-state index contributed by atoms with van der Waals surface area (Å²) in [6.07, 6.45) is -5.80. The molecule has 1 aromatic heterocycles. The molecule has 190 valence electrons. The first-order chi connectivity index (χ1) is 16.7. The Morgan fingerprint density at radius 2 is 1.69 bits per heavy atom. The topological polar surface area (TPSA) is 81.1 Å². The molecule has 1 aliphatic rings. The van der Waals surface area contributed by atoms with E-state index in [-0.39, 0.29) is 23.0 Å². The number of fused-ring (bicyclic) bond motifs is 1. The third kappa shape index (κ3) is 5.30. The van der Waals surface area contributed by atoms with Gasteiger partial charge in [-0.1, -0.05) is 24.3 Å². The van der Waals surface area contributed by atoms with Gasteiger partial charge in [0.15, 0.2) is 0 Å². The highest BCUT2D eigenvalue weighted by Crippen LogP contribution is 2.33. The van der Waals surface area contributed by atoms with Crippen LogP contribution in [0.25, 0.3) is 6.08 Å². The minimum atomic E-state index is -4.71. The van der Waals surface area contributed by atoms with E-state index in [4.69, 9.17) is 0 Å². The Bertz CT molecular complexity index is 1440. The number of nitrogens with one attached hydrogen (secondary N) is 1. The highest BCUT2D eigenvalue weighted by Gasteiger charge is 2.39. The number of rotatable bonds is 5. The van der Waals surface area contributed by atoms with E-state index in [0.717, 1.165) is 24.3 Å². The quantitative estimate of drug-likeness (QED) is 0.479. The van der Waals surface area contributed by atoms with E-state index in [0.29, 0.717) is 11.6 Å². The Morgan fingerprint density at radius 3 is 2.36 bits per heavy atom. The van der Waals surface area contributed by atoms with Crippen molar-refractivity contribution in [2.24, 2.45) is 5.92 Å². The first kappa shape index (κ1) is 25.5. The van der Waals surface area contributed by atoms with Gasteiger partial charge >= 0.3 is 12.4 Å². The molecule has 1 N–H and O–H groups in total. The summed E-state index contributed by atoms with van der Waals surface area (Å²) in [6, 6.07) is 8.66. The van der Waals surface area contributed by atoms with E-state index < -0.39 is 51.0 Å². The lowest BCUT2D eigenvalue weighted by atomic mass is 10.1. The van der Waals surface area contributed by atoms with Gasteiger partial charge in [-0.15, -0.1) is 0 Å². The molecule has 3 aromatic rings. The summed E-state index contributed by atoms with van der Waals surface area (Å²) in [6.45, 7) is -0.570. The molecule has 0 aliphatic carbocycles. The van der Waals surface area contributed by atoms with Gasteiger partial charge in [0.25, 0.3) is 5.91 Å². The zero-order valence-corrected chi connectivity index (χ0v) is 19.0. The van der Waals surface area contributed by atoms with Gasteiger partial charge in [-0.2, -0.15) is 26.3 Å². The Hall–Kier alpha value is -3.61. The van der Waals surface area contributed by atoms with Crippen molar-refractivity contribution in [2.75, 3.05) is 0 Å². The molecular weight excluding hydrogens is 512 g/mol. The lowest BCUT2D eigenvalue weighted by Crippen LogP contribution is -2.27. The third-order valence-corrected chi connectivity index (χ3v) is 7.21. The van der Waals surface area contributed by atoms with Crippen molar-refractivity contribution in [3.05, 3.63) is 83.4 Å². The Labute approximate surface area is 201 Å². The van der Waals surface area contributed by atoms with Crippen LogP contribution in [0.4, 0.5) is 26.3 Å². The van der Waals surface area contributed by atoms with Crippen molar-refractivity contribution in [3.8, 4) is 0 Å². The molecule has 0 fully saturated rings. The van der Waals surface area contributed by atoms with Gasteiger partial charge in [0, 0.05) is 19.3 Å². The highest BCUT2D eigenvalue weighted by molar-refractivity contribution is 7.91. The van der Waals surface area contributed by atoms with Crippen molar-refractivity contribution >= 4 is 21.8 Å². The van der Waals surface area contributed by atoms with E-state index in [1.165, 1.54) is 41.1 Å². The minimum Gasteiger partial charge on any atom is -0.347 e. The number of alkyl halides is 6. The van der Waals surface area contributed by atoms with Gasteiger partial charge < -0.3 is 9.88 Å². The summed E-state index contributed by atoms with van der Waals surface area (Å²) in [5, 5.41) is 2.51. The maximum Gasteiger partial charge on any atom is 0.416 e. The molecule has 1 aliphatic heterocycles. The summed E-state index contributed by atoms with van der Waals surface area (Å²) in [7, 11) is -4.28. The third-order valence-electron chi connectivity index (χ3n) is 5.46. The fourth-order valence-corrected chi connectivity index (χ4v) is 4.95. The summed E-state index contributed by atoms with van der Waals surface area (Å²) in [5.74, 6) is -2.20. The largest absolute Gasteiger partial charge is 0.416 e. The highest BCUT2D eigenvalue weighted by atomic mass is 32.2. The van der Waals surface area contributed by atoms with Crippen LogP contribution < -0.4 is 5.32 Å². The Morgan fingerprint density at radius 1 is 1.03 bits per heavy atom. The smallest absolute Gasteiger partial charge is 0.347 e. The van der Waals surface area contributed by atoms with Gasteiger partial charge in [0.05, 0.1) is 21.3 Å². The van der Waals surface area contributed by atoms with Crippen LogP contribution in [0, 0.1) is 5.92 Å². The second kappa shape index (κ2) is 9.12. The number of hydrogen-bond donors (Lipinski definition) is 1. The first-order valence-electron chi connectivity index (χ1n) is 10.4. The number of aromatic nitrogens is 2. The fraction of sp³-hybridized carbons (Fsp3) is 0.217. The van der Waals surface area contributed by atoms with Crippen LogP contribution in [0.2, 0.25) is 0 Å². The summed E-state index contributed by atoms with van der Waals surface area (Å²) < 4.78 is 105. The van der Waals surface area contributed by atoms with Crippen molar-refractivity contribution in [3.63, 3.8) is 0 Å². The number of halogens is 6. The van der Waals surface area contributed by atoms with Gasteiger partial charge in [0.2, 0.25) is 9.84 Å². The molecule has 0 saturated heterocycles. The molecule has 36 heavy (non-hydrogen) atoms. The maximum absolute atomic E-state index is 13.0. The van der Waals surface area contributed by atoms with Crippen LogP contribution in [0.5, 0.6) is 0 Å². The second-order valence-corrected chi connectivity index (χ2v) is 9.95. The predicted molar refractivity (Wildman–Crippen MR) is 115 cm³/mol. The van der Waals surface area contributed by atoms with Crippen LogP contribution in [-0.2, 0) is 29.1 Å². The van der Waals surface area contributed by atoms with Crippen LogP contribution in [0.3, 0.4) is 0 Å². The average Bonchev–Trinajstić information content (AvgIpc) is 3.25. The lowest BCUT2D eigenvalue weighted by Gasteiger charge is -2.21. The molecule has 6 nitrogen and oxygen atoms in total. The van der Waals surface area contributed by atoms with E-state index in [2.05, 4.69) is 10.3 Å². The second-order valence-electron chi connectivity index (χ2n) is 8.00. The Balaban J connectivity index is 1.48. The number of imidazole rings is 1. The van der Waals surface area contributed by atoms with Gasteiger partial charge in [-0.25, -0.2) is 13.4 Å². The Kier molecular flexibility index (Phi) is 6.45. The van der Waals surface area contributed by atoms with Crippen molar-refractivity contribution in [1.82, 2.24) is 14.9 Å². The van der Waals surface area contributed by atoms with E-state index >= 15 is 0 Å². The zero-order chi connectivity index (χ0) is 26.3. The molecule has 4 rings (SSSR count). The minimum absolute atomic E-state index is 0.120. The molecule has 2 heterocycles. The fourth-order valence-electron chi connectivity index (χ4n) is 3.58. The number of carbonyl (C=O) groups is 1. The number of carbonyl (C=O) groups excluding carboxylic acids is 1. The van der Waals surface area contributed by atoms with Crippen molar-refractivity contribution in [2.45, 2.75) is 35.2 Å². The molecule has 0 radical (unpaired) electrons. The van der Waals surface area contributed by atoms with E-state index in [1.54, 1.807) is 0 Å². The first-order valence-corrected chi connectivity index (χ1v) is 11.8. The van der Waals surface area contributed by atoms with Crippen LogP contribution >= 0.6 is 0 Å². The lowest BCUT2D eigenvalue weighted by molar-refractivity contribution is -0.164. The molecule has 1 amide bonds. The van der Waals surface area contributed by atoms with Crippen molar-refractivity contribution < 1.29 is 39.6 Å². The van der Waals surface area contributed by atoms with Crippen LogP contribution in [-0.4, -0.2) is 30.1 Å². The number of sulfone groups is 1. The summed E-state index contributed by atoms with van der Waals surface area (Å²) in [5.41, 5.74) is -0.895. The van der Waals surface area contributed by atoms with Gasteiger partial charge in [0.1, 0.15) is 11.5 Å². The predicted octanol–water partition coefficient (Wildman–Crippen LogP) is 4.87. The standard InChI is InChI=1S/C23H17F6N3O3S/c24-22(25,26)15-4-2-6-18(10-15)36(34,35)17-5-1-3-14(9-17)11-30-21(33)19-13-32-12-16(23(27,28)29)7-8-20(32)31-19/h1-10,13,16H,11-12H2,(H,30,33). The summed E-state index contributed by atoms with van der Waals surface area (Å²) in [4.78, 5) is 15.7. The van der Waals surface area contributed by atoms with Crippen LogP contribution in [0.1, 0.15) is 27.4 Å². The van der Waals surface area contributed by atoms with E-state index in [1.807, 2.05) is 0 Å². The van der Waals surface area contributed by atoms with Gasteiger partial charge in [-0.3, -0.25) is 4.79 Å². The number of nitrogens with zero attached hydrogens (tertiary/aromatic N) is 2. The number of benzene rings is 2. The molecule has 13 heteroatoms. The molecule has 0 bridgehead atoms. The summed E-state index contributed by atoms with van der Waals surface area (Å²) >= 11 is 0. The number of amides is 1. The molecule has 1 atom stereocenters. The molecule has 0 spiro atoms. The number of hydrogen-bond acceptors (Lipinski definition) is 4.